The Morgan fingerprint density at radius 2 is 1.90 bits per heavy atom. The van der Waals surface area contributed by atoms with Crippen molar-refractivity contribution in [1.82, 2.24) is 4.90 Å². The van der Waals surface area contributed by atoms with Gasteiger partial charge in [0.15, 0.2) is 6.10 Å². The third kappa shape index (κ3) is 4.73. The van der Waals surface area contributed by atoms with Crippen LogP contribution in [0.1, 0.15) is 19.3 Å². The molecule has 1 atom stereocenters. The number of fused-ring (bicyclic) bond motifs is 1. The number of anilines is 2. The van der Waals surface area contributed by atoms with Gasteiger partial charge in [0.25, 0.3) is 5.91 Å². The van der Waals surface area contributed by atoms with Crippen molar-refractivity contribution in [3.05, 3.63) is 52.0 Å². The summed E-state index contributed by atoms with van der Waals surface area (Å²) < 4.78 is 6.86. The minimum Gasteiger partial charge on any atom is -0.477 e. The van der Waals surface area contributed by atoms with Gasteiger partial charge in [0.1, 0.15) is 5.75 Å². The number of hydrogen-bond donors (Lipinski definition) is 1. The van der Waals surface area contributed by atoms with Crippen LogP contribution in [0.25, 0.3) is 0 Å². The average Bonchev–Trinajstić information content (AvgIpc) is 2.75. The lowest BCUT2D eigenvalue weighted by Crippen LogP contribution is -2.52. The fraction of sp³-hybridized carbons (Fsp3) is 0.364. The normalized spacial score (nSPS) is 18.4. The number of ether oxygens (including phenoxy) is 1. The van der Waals surface area contributed by atoms with Crippen LogP contribution in [0, 0.1) is 0 Å². The number of nitrogens with zero attached hydrogens (tertiary/aromatic N) is 2. The van der Waals surface area contributed by atoms with E-state index in [1.807, 2.05) is 40.1 Å². The van der Waals surface area contributed by atoms with E-state index in [1.165, 1.54) is 0 Å². The van der Waals surface area contributed by atoms with Crippen LogP contribution in [-0.4, -0.2) is 49.0 Å². The van der Waals surface area contributed by atoms with Crippen molar-refractivity contribution in [2.45, 2.75) is 25.4 Å². The lowest BCUT2D eigenvalue weighted by Gasteiger charge is -2.38. The van der Waals surface area contributed by atoms with Crippen molar-refractivity contribution in [3.63, 3.8) is 0 Å². The average molecular weight is 493 g/mol. The summed E-state index contributed by atoms with van der Waals surface area (Å²) >= 11 is 9.58. The number of benzene rings is 2. The number of para-hydroxylation sites is 2. The molecule has 1 saturated heterocycles. The van der Waals surface area contributed by atoms with Crippen molar-refractivity contribution in [1.29, 1.82) is 0 Å². The standard InChI is InChI=1S/C22H23BrClN3O3/c23-15-8-9-17(16(24)12-15)25-21(28)14-27-13-20(22(29)26-10-4-1-5-11-26)30-19-7-3-2-6-18(19)27/h2-3,6-9,12,20H,1,4-5,10-11,13-14H2,(H,25,28). The number of nitrogens with one attached hydrogen (secondary N) is 1. The van der Waals surface area contributed by atoms with E-state index < -0.39 is 6.10 Å². The van der Waals surface area contributed by atoms with E-state index >= 15 is 0 Å². The summed E-state index contributed by atoms with van der Waals surface area (Å²) in [5, 5.41) is 3.31. The zero-order valence-corrected chi connectivity index (χ0v) is 18.8. The van der Waals surface area contributed by atoms with Gasteiger partial charge in [-0.1, -0.05) is 39.7 Å². The number of hydrogen-bond acceptors (Lipinski definition) is 4. The molecular weight excluding hydrogens is 470 g/mol. The fourth-order valence-corrected chi connectivity index (χ4v) is 4.58. The molecule has 0 radical (unpaired) electrons. The number of halogens is 2. The Labute approximate surface area is 189 Å². The topological polar surface area (TPSA) is 61.9 Å². The minimum absolute atomic E-state index is 0.00874. The molecule has 0 bridgehead atoms. The third-order valence-electron chi connectivity index (χ3n) is 5.34. The summed E-state index contributed by atoms with van der Waals surface area (Å²) in [6.45, 7) is 1.95. The summed E-state index contributed by atoms with van der Waals surface area (Å²) in [5.74, 6) is 0.402. The first-order chi connectivity index (χ1) is 14.5. The third-order valence-corrected chi connectivity index (χ3v) is 6.15. The van der Waals surface area contributed by atoms with Crippen LogP contribution in [-0.2, 0) is 9.59 Å². The maximum absolute atomic E-state index is 13.0. The van der Waals surface area contributed by atoms with Crippen LogP contribution in [0.15, 0.2) is 46.9 Å². The molecule has 1 N–H and O–H groups in total. The molecule has 8 heteroatoms. The minimum atomic E-state index is -0.623. The highest BCUT2D eigenvalue weighted by Crippen LogP contribution is 2.34. The summed E-state index contributed by atoms with van der Waals surface area (Å²) in [7, 11) is 0. The lowest BCUT2D eigenvalue weighted by atomic mass is 10.1. The molecule has 2 aromatic rings. The molecule has 0 aromatic heterocycles. The molecule has 0 aliphatic carbocycles. The van der Waals surface area contributed by atoms with Crippen molar-refractivity contribution in [2.75, 3.05) is 36.4 Å². The summed E-state index contributed by atoms with van der Waals surface area (Å²) in [6, 6.07) is 12.8. The molecular formula is C22H23BrClN3O3. The number of carbonyl (C=O) groups excluding carboxylic acids is 2. The Balaban J connectivity index is 1.49. The van der Waals surface area contributed by atoms with Crippen molar-refractivity contribution in [3.8, 4) is 5.75 Å². The summed E-state index contributed by atoms with van der Waals surface area (Å²) in [4.78, 5) is 29.5. The smallest absolute Gasteiger partial charge is 0.265 e. The molecule has 2 heterocycles. The van der Waals surface area contributed by atoms with Gasteiger partial charge >= 0.3 is 0 Å². The molecule has 1 fully saturated rings. The molecule has 30 heavy (non-hydrogen) atoms. The number of piperidine rings is 1. The Hall–Kier alpha value is -2.25. The first-order valence-corrected chi connectivity index (χ1v) is 11.2. The van der Waals surface area contributed by atoms with Crippen LogP contribution in [0.5, 0.6) is 5.75 Å². The maximum atomic E-state index is 13.0. The Morgan fingerprint density at radius 3 is 2.67 bits per heavy atom. The number of amides is 2. The van der Waals surface area contributed by atoms with Gasteiger partial charge in [0, 0.05) is 17.6 Å². The van der Waals surface area contributed by atoms with E-state index in [9.17, 15) is 9.59 Å². The Morgan fingerprint density at radius 1 is 1.13 bits per heavy atom. The quantitative estimate of drug-likeness (QED) is 0.690. The lowest BCUT2D eigenvalue weighted by molar-refractivity contribution is -0.139. The largest absolute Gasteiger partial charge is 0.477 e. The van der Waals surface area contributed by atoms with E-state index in [0.717, 1.165) is 42.5 Å². The van der Waals surface area contributed by atoms with Crippen LogP contribution in [0.2, 0.25) is 5.02 Å². The number of likely N-dealkylation sites (tertiary alicyclic amines) is 1. The fourth-order valence-electron chi connectivity index (χ4n) is 3.86. The second kappa shape index (κ2) is 9.27. The zero-order valence-electron chi connectivity index (χ0n) is 16.4. The van der Waals surface area contributed by atoms with Gasteiger partial charge in [-0.05, 0) is 49.6 Å². The van der Waals surface area contributed by atoms with Gasteiger partial charge in [0.05, 0.1) is 29.5 Å². The van der Waals surface area contributed by atoms with Crippen molar-refractivity contribution < 1.29 is 14.3 Å². The Bertz CT molecular complexity index is 949. The first-order valence-electron chi connectivity index (χ1n) is 10.1. The zero-order chi connectivity index (χ0) is 21.1. The predicted molar refractivity (Wildman–Crippen MR) is 121 cm³/mol. The van der Waals surface area contributed by atoms with Gasteiger partial charge in [-0.15, -0.1) is 0 Å². The summed E-state index contributed by atoms with van der Waals surface area (Å²) in [5.41, 5.74) is 1.35. The molecule has 158 valence electrons. The van der Waals surface area contributed by atoms with Crippen LogP contribution in [0.4, 0.5) is 11.4 Å². The second-order valence-corrected chi connectivity index (χ2v) is 8.84. The van der Waals surface area contributed by atoms with Gasteiger partial charge in [0.2, 0.25) is 5.91 Å². The van der Waals surface area contributed by atoms with Crippen LogP contribution in [0.3, 0.4) is 0 Å². The molecule has 2 aliphatic rings. The monoisotopic (exact) mass is 491 g/mol. The van der Waals surface area contributed by atoms with E-state index in [1.54, 1.807) is 12.1 Å². The highest BCUT2D eigenvalue weighted by molar-refractivity contribution is 9.10. The molecule has 2 aliphatic heterocycles. The highest BCUT2D eigenvalue weighted by atomic mass is 79.9. The Kier molecular flexibility index (Phi) is 6.49. The molecule has 4 rings (SSSR count). The summed E-state index contributed by atoms with van der Waals surface area (Å²) in [6.07, 6.45) is 2.58. The van der Waals surface area contributed by atoms with Gasteiger partial charge in [-0.2, -0.15) is 0 Å². The van der Waals surface area contributed by atoms with E-state index in [-0.39, 0.29) is 18.4 Å². The number of carbonyl (C=O) groups is 2. The molecule has 0 spiro atoms. The molecule has 1 unspecified atom stereocenters. The molecule has 0 saturated carbocycles. The van der Waals surface area contributed by atoms with Crippen LogP contribution >= 0.6 is 27.5 Å². The van der Waals surface area contributed by atoms with Gasteiger partial charge in [-0.25, -0.2) is 0 Å². The van der Waals surface area contributed by atoms with Gasteiger partial charge < -0.3 is 19.9 Å². The second-order valence-electron chi connectivity index (χ2n) is 7.51. The van der Waals surface area contributed by atoms with E-state index in [0.29, 0.717) is 23.0 Å². The van der Waals surface area contributed by atoms with Crippen LogP contribution < -0.4 is 15.0 Å². The molecule has 2 aromatic carbocycles. The molecule has 6 nitrogen and oxygen atoms in total. The first kappa shape index (κ1) is 21.0. The van der Waals surface area contributed by atoms with Gasteiger partial charge in [-0.3, -0.25) is 9.59 Å². The SMILES string of the molecule is O=C(CN1CC(C(=O)N2CCCCC2)Oc2ccccc21)Nc1ccc(Br)cc1Cl. The molecule has 2 amide bonds. The maximum Gasteiger partial charge on any atom is 0.265 e. The van der Waals surface area contributed by atoms with Crippen molar-refractivity contribution in [2.24, 2.45) is 0 Å². The van der Waals surface area contributed by atoms with E-state index in [2.05, 4.69) is 21.2 Å². The predicted octanol–water partition coefficient (Wildman–Crippen LogP) is 4.32. The number of rotatable bonds is 4. The van der Waals surface area contributed by atoms with E-state index in [4.69, 9.17) is 16.3 Å². The highest BCUT2D eigenvalue weighted by Gasteiger charge is 2.34. The van der Waals surface area contributed by atoms with Crippen molar-refractivity contribution >= 4 is 50.7 Å².